The van der Waals surface area contributed by atoms with Gasteiger partial charge in [-0.15, -0.1) is 0 Å². The Morgan fingerprint density at radius 1 is 1.16 bits per heavy atom. The monoisotopic (exact) mass is 275 g/mol. The van der Waals surface area contributed by atoms with E-state index < -0.39 is 5.91 Å². The van der Waals surface area contributed by atoms with Crippen molar-refractivity contribution in [3.05, 3.63) is 58.6 Å². The second-order valence-electron chi connectivity index (χ2n) is 3.86. The van der Waals surface area contributed by atoms with E-state index in [0.717, 1.165) is 0 Å². The molecule has 5 heteroatoms. The fourth-order valence-corrected chi connectivity index (χ4v) is 1.71. The third-order valence-electron chi connectivity index (χ3n) is 2.51. The molecule has 0 aromatic heterocycles. The fourth-order valence-electron chi connectivity index (χ4n) is 1.53. The SMILES string of the molecule is O=Cc1ccc(NC(=O)c2cc(Cl)ccc2O)cc1. The van der Waals surface area contributed by atoms with Gasteiger partial charge in [0.05, 0.1) is 5.56 Å². The Bertz CT molecular complexity index is 623. The molecule has 96 valence electrons. The number of amides is 1. The first-order valence-corrected chi connectivity index (χ1v) is 5.83. The van der Waals surface area contributed by atoms with Crippen molar-refractivity contribution in [1.29, 1.82) is 0 Å². The number of carbonyl (C=O) groups excluding carboxylic acids is 2. The van der Waals surface area contributed by atoms with E-state index in [9.17, 15) is 14.7 Å². The first-order chi connectivity index (χ1) is 9.10. The Morgan fingerprint density at radius 3 is 2.47 bits per heavy atom. The summed E-state index contributed by atoms with van der Waals surface area (Å²) in [5.41, 5.74) is 1.13. The zero-order chi connectivity index (χ0) is 13.8. The molecule has 0 aliphatic heterocycles. The number of aromatic hydroxyl groups is 1. The molecule has 0 spiro atoms. The van der Waals surface area contributed by atoms with Gasteiger partial charge in [-0.2, -0.15) is 0 Å². The summed E-state index contributed by atoms with van der Waals surface area (Å²) in [6.45, 7) is 0. The van der Waals surface area contributed by atoms with Gasteiger partial charge in [0.25, 0.3) is 5.91 Å². The molecule has 0 fully saturated rings. The zero-order valence-electron chi connectivity index (χ0n) is 9.76. The zero-order valence-corrected chi connectivity index (χ0v) is 10.5. The molecule has 2 aromatic rings. The lowest BCUT2D eigenvalue weighted by atomic mass is 10.1. The third kappa shape index (κ3) is 3.11. The largest absolute Gasteiger partial charge is 0.507 e. The van der Waals surface area contributed by atoms with Gasteiger partial charge in [0.15, 0.2) is 0 Å². The van der Waals surface area contributed by atoms with Gasteiger partial charge < -0.3 is 10.4 Å². The molecule has 0 unspecified atom stereocenters. The van der Waals surface area contributed by atoms with Crippen LogP contribution >= 0.6 is 11.6 Å². The van der Waals surface area contributed by atoms with Gasteiger partial charge in [-0.1, -0.05) is 11.6 Å². The minimum Gasteiger partial charge on any atom is -0.507 e. The van der Waals surface area contributed by atoms with Crippen molar-refractivity contribution in [3.8, 4) is 5.75 Å². The van der Waals surface area contributed by atoms with E-state index in [1.165, 1.54) is 18.2 Å². The number of hydrogen-bond acceptors (Lipinski definition) is 3. The summed E-state index contributed by atoms with van der Waals surface area (Å²) < 4.78 is 0. The maximum absolute atomic E-state index is 11.9. The van der Waals surface area contributed by atoms with Gasteiger partial charge in [0, 0.05) is 16.3 Å². The number of nitrogens with one attached hydrogen (secondary N) is 1. The van der Waals surface area contributed by atoms with Crippen LogP contribution in [0, 0.1) is 0 Å². The van der Waals surface area contributed by atoms with Crippen LogP contribution in [0.2, 0.25) is 5.02 Å². The molecule has 0 bridgehead atoms. The number of phenolic OH excluding ortho intramolecular Hbond substituents is 1. The summed E-state index contributed by atoms with van der Waals surface area (Å²) >= 11 is 5.77. The molecule has 0 aliphatic carbocycles. The van der Waals surface area contributed by atoms with Gasteiger partial charge in [0.2, 0.25) is 0 Å². The van der Waals surface area contributed by atoms with Crippen LogP contribution in [0.15, 0.2) is 42.5 Å². The number of aldehydes is 1. The smallest absolute Gasteiger partial charge is 0.259 e. The Balaban J connectivity index is 2.20. The topological polar surface area (TPSA) is 66.4 Å². The van der Waals surface area contributed by atoms with Crippen LogP contribution in [0.1, 0.15) is 20.7 Å². The molecule has 4 nitrogen and oxygen atoms in total. The normalized spacial score (nSPS) is 9.95. The molecule has 0 saturated heterocycles. The number of benzene rings is 2. The highest BCUT2D eigenvalue weighted by molar-refractivity contribution is 6.31. The molecule has 0 aliphatic rings. The second kappa shape index (κ2) is 5.54. The molecular formula is C14H10ClNO3. The molecule has 19 heavy (non-hydrogen) atoms. The van der Waals surface area contributed by atoms with Crippen LogP contribution in [-0.2, 0) is 0 Å². The highest BCUT2D eigenvalue weighted by Crippen LogP contribution is 2.22. The summed E-state index contributed by atoms with van der Waals surface area (Å²) in [4.78, 5) is 22.5. The van der Waals surface area contributed by atoms with E-state index >= 15 is 0 Å². The first-order valence-electron chi connectivity index (χ1n) is 5.45. The Labute approximate surface area is 114 Å². The lowest BCUT2D eigenvalue weighted by Crippen LogP contribution is -2.12. The van der Waals surface area contributed by atoms with E-state index in [0.29, 0.717) is 22.6 Å². The summed E-state index contributed by atoms with van der Waals surface area (Å²) in [6.07, 6.45) is 0.717. The number of carbonyl (C=O) groups is 2. The lowest BCUT2D eigenvalue weighted by molar-refractivity contribution is 0.102. The van der Waals surface area contributed by atoms with Gasteiger partial charge in [-0.25, -0.2) is 0 Å². The molecule has 0 atom stereocenters. The van der Waals surface area contributed by atoms with Crippen molar-refractivity contribution in [2.24, 2.45) is 0 Å². The highest BCUT2D eigenvalue weighted by atomic mass is 35.5. The summed E-state index contributed by atoms with van der Waals surface area (Å²) in [5.74, 6) is -0.620. The van der Waals surface area contributed by atoms with E-state index in [-0.39, 0.29) is 11.3 Å². The molecule has 0 heterocycles. The van der Waals surface area contributed by atoms with Crippen LogP contribution in [0.4, 0.5) is 5.69 Å². The summed E-state index contributed by atoms with van der Waals surface area (Å²) in [5, 5.41) is 12.6. The molecule has 0 saturated carbocycles. The van der Waals surface area contributed by atoms with Gasteiger partial charge >= 0.3 is 0 Å². The quantitative estimate of drug-likeness (QED) is 0.846. The van der Waals surface area contributed by atoms with Crippen molar-refractivity contribution in [2.45, 2.75) is 0 Å². The van der Waals surface area contributed by atoms with E-state index in [4.69, 9.17) is 11.6 Å². The average Bonchev–Trinajstić information content (AvgIpc) is 2.42. The number of anilines is 1. The fraction of sp³-hybridized carbons (Fsp3) is 0. The Morgan fingerprint density at radius 2 is 1.84 bits per heavy atom. The molecule has 2 aromatic carbocycles. The van der Waals surface area contributed by atoms with Crippen molar-refractivity contribution < 1.29 is 14.7 Å². The lowest BCUT2D eigenvalue weighted by Gasteiger charge is -2.07. The van der Waals surface area contributed by atoms with Crippen molar-refractivity contribution in [1.82, 2.24) is 0 Å². The third-order valence-corrected chi connectivity index (χ3v) is 2.74. The second-order valence-corrected chi connectivity index (χ2v) is 4.29. The predicted octanol–water partition coefficient (Wildman–Crippen LogP) is 3.11. The average molecular weight is 276 g/mol. The molecule has 2 rings (SSSR count). The minimum absolute atomic E-state index is 0.0898. The predicted molar refractivity (Wildman–Crippen MR) is 72.9 cm³/mol. The van der Waals surface area contributed by atoms with Crippen LogP contribution in [0.3, 0.4) is 0 Å². The van der Waals surface area contributed by atoms with Crippen LogP contribution in [-0.4, -0.2) is 17.3 Å². The van der Waals surface area contributed by atoms with E-state index in [1.807, 2.05) is 0 Å². The van der Waals surface area contributed by atoms with E-state index in [1.54, 1.807) is 24.3 Å². The van der Waals surface area contributed by atoms with Crippen LogP contribution < -0.4 is 5.32 Å². The van der Waals surface area contributed by atoms with Crippen LogP contribution in [0.5, 0.6) is 5.75 Å². The minimum atomic E-state index is -0.473. The maximum Gasteiger partial charge on any atom is 0.259 e. The van der Waals surface area contributed by atoms with E-state index in [2.05, 4.69) is 5.32 Å². The van der Waals surface area contributed by atoms with Crippen LogP contribution in [0.25, 0.3) is 0 Å². The van der Waals surface area contributed by atoms with Crippen molar-refractivity contribution in [3.63, 3.8) is 0 Å². The Kier molecular flexibility index (Phi) is 3.82. The maximum atomic E-state index is 11.9. The molecule has 1 amide bonds. The number of halogens is 1. The summed E-state index contributed by atoms with van der Waals surface area (Å²) in [7, 11) is 0. The number of phenols is 1. The first kappa shape index (κ1) is 13.1. The molecule has 2 N–H and O–H groups in total. The highest BCUT2D eigenvalue weighted by Gasteiger charge is 2.11. The summed E-state index contributed by atoms with van der Waals surface area (Å²) in [6, 6.07) is 10.6. The van der Waals surface area contributed by atoms with Crippen molar-refractivity contribution >= 4 is 29.5 Å². The van der Waals surface area contributed by atoms with Gasteiger partial charge in [0.1, 0.15) is 12.0 Å². The Hall–Kier alpha value is -2.33. The standard InChI is InChI=1S/C14H10ClNO3/c15-10-3-6-13(18)12(7-10)14(19)16-11-4-1-9(8-17)2-5-11/h1-8,18H,(H,16,19). The number of hydrogen-bond donors (Lipinski definition) is 2. The number of rotatable bonds is 3. The molecule has 0 radical (unpaired) electrons. The van der Waals surface area contributed by atoms with Gasteiger partial charge in [-0.3, -0.25) is 9.59 Å². The van der Waals surface area contributed by atoms with Crippen molar-refractivity contribution in [2.75, 3.05) is 5.32 Å². The molecular weight excluding hydrogens is 266 g/mol. The van der Waals surface area contributed by atoms with Gasteiger partial charge in [-0.05, 0) is 42.5 Å².